The first kappa shape index (κ1) is 26.9. The summed E-state index contributed by atoms with van der Waals surface area (Å²) in [6.45, 7) is 13.3. The molecule has 1 aromatic carbocycles. The van der Waals surface area contributed by atoms with Crippen LogP contribution < -0.4 is 0 Å². The molecule has 2 heterocycles. The van der Waals surface area contributed by atoms with Crippen molar-refractivity contribution in [1.82, 2.24) is 19.9 Å². The molecule has 190 valence electrons. The SMILES string of the molecule is C=CCN(CC(=O)N1CCCCC1c1nc(-c2cccc(Cl)c2)no1)C(=O)CC(C)CC(C)(C)C. The maximum Gasteiger partial charge on any atom is 0.249 e. The number of halogens is 1. The van der Waals surface area contributed by atoms with E-state index in [-0.39, 0.29) is 35.7 Å². The largest absolute Gasteiger partial charge is 0.337 e. The van der Waals surface area contributed by atoms with Gasteiger partial charge in [0.1, 0.15) is 12.6 Å². The number of amides is 2. The second kappa shape index (κ2) is 11.8. The Kier molecular flexibility index (Phi) is 9.11. The van der Waals surface area contributed by atoms with Gasteiger partial charge in [-0.3, -0.25) is 9.59 Å². The summed E-state index contributed by atoms with van der Waals surface area (Å²) in [4.78, 5) is 34.4. The van der Waals surface area contributed by atoms with Crippen molar-refractivity contribution in [2.75, 3.05) is 19.6 Å². The average molecular weight is 501 g/mol. The minimum Gasteiger partial charge on any atom is -0.337 e. The number of hydrogen-bond donors (Lipinski definition) is 0. The van der Waals surface area contributed by atoms with Crippen molar-refractivity contribution in [3.63, 3.8) is 0 Å². The van der Waals surface area contributed by atoms with Gasteiger partial charge in [-0.2, -0.15) is 4.98 Å². The maximum absolute atomic E-state index is 13.4. The van der Waals surface area contributed by atoms with E-state index in [1.165, 1.54) is 0 Å². The van der Waals surface area contributed by atoms with E-state index in [1.807, 2.05) is 12.1 Å². The number of aromatic nitrogens is 2. The summed E-state index contributed by atoms with van der Waals surface area (Å²) in [6.07, 6.45) is 5.62. The molecule has 1 fully saturated rings. The summed E-state index contributed by atoms with van der Waals surface area (Å²) in [5, 5.41) is 4.71. The monoisotopic (exact) mass is 500 g/mol. The molecule has 0 bridgehead atoms. The van der Waals surface area contributed by atoms with Crippen molar-refractivity contribution in [1.29, 1.82) is 0 Å². The zero-order valence-corrected chi connectivity index (χ0v) is 22.1. The molecule has 2 unspecified atom stereocenters. The third-order valence-electron chi connectivity index (χ3n) is 6.14. The highest BCUT2D eigenvalue weighted by Crippen LogP contribution is 2.32. The van der Waals surface area contributed by atoms with Gasteiger partial charge >= 0.3 is 0 Å². The number of nitrogens with zero attached hydrogens (tertiary/aromatic N) is 4. The summed E-state index contributed by atoms with van der Waals surface area (Å²) in [5.74, 6) is 0.946. The Morgan fingerprint density at radius 1 is 1.34 bits per heavy atom. The van der Waals surface area contributed by atoms with Crippen molar-refractivity contribution >= 4 is 23.4 Å². The van der Waals surface area contributed by atoms with Crippen LogP contribution in [-0.4, -0.2) is 51.4 Å². The van der Waals surface area contributed by atoms with Crippen molar-refractivity contribution in [3.8, 4) is 11.4 Å². The zero-order valence-electron chi connectivity index (χ0n) is 21.3. The molecule has 0 N–H and O–H groups in total. The van der Waals surface area contributed by atoms with Crippen molar-refractivity contribution in [3.05, 3.63) is 47.8 Å². The van der Waals surface area contributed by atoms with E-state index >= 15 is 0 Å². The van der Waals surface area contributed by atoms with Gasteiger partial charge in [-0.15, -0.1) is 6.58 Å². The van der Waals surface area contributed by atoms with Crippen LogP contribution in [0.1, 0.15) is 71.7 Å². The first-order chi connectivity index (χ1) is 16.6. The van der Waals surface area contributed by atoms with E-state index < -0.39 is 0 Å². The van der Waals surface area contributed by atoms with Crippen LogP contribution in [0.3, 0.4) is 0 Å². The molecule has 8 heteroatoms. The molecular formula is C27H37ClN4O3. The van der Waals surface area contributed by atoms with Gasteiger partial charge in [-0.05, 0) is 49.1 Å². The third-order valence-corrected chi connectivity index (χ3v) is 6.38. The Morgan fingerprint density at radius 3 is 2.80 bits per heavy atom. The van der Waals surface area contributed by atoms with E-state index in [2.05, 4.69) is 44.4 Å². The molecule has 1 aromatic heterocycles. The van der Waals surface area contributed by atoms with Crippen LogP contribution in [-0.2, 0) is 9.59 Å². The van der Waals surface area contributed by atoms with Gasteiger partial charge in [0, 0.05) is 30.1 Å². The first-order valence-corrected chi connectivity index (χ1v) is 12.7. The fraction of sp³-hybridized carbons (Fsp3) is 0.556. The maximum atomic E-state index is 13.4. The van der Waals surface area contributed by atoms with Gasteiger partial charge < -0.3 is 14.3 Å². The normalized spacial score (nSPS) is 17.2. The summed E-state index contributed by atoms with van der Waals surface area (Å²) in [7, 11) is 0. The number of likely N-dealkylation sites (tertiary alicyclic amines) is 1. The van der Waals surface area contributed by atoms with E-state index in [1.54, 1.807) is 28.0 Å². The molecule has 35 heavy (non-hydrogen) atoms. The second-order valence-corrected chi connectivity index (χ2v) is 11.1. The summed E-state index contributed by atoms with van der Waals surface area (Å²) in [6, 6.07) is 6.95. The van der Waals surface area contributed by atoms with E-state index in [0.717, 1.165) is 31.2 Å². The smallest absolute Gasteiger partial charge is 0.249 e. The molecule has 1 saturated heterocycles. The molecule has 0 radical (unpaired) electrons. The summed E-state index contributed by atoms with van der Waals surface area (Å²) < 4.78 is 5.58. The number of carbonyl (C=O) groups excluding carboxylic acids is 2. The summed E-state index contributed by atoms with van der Waals surface area (Å²) >= 11 is 6.10. The van der Waals surface area contributed by atoms with Crippen molar-refractivity contribution in [2.24, 2.45) is 11.3 Å². The molecule has 2 aromatic rings. The molecule has 3 rings (SSSR count). The van der Waals surface area contributed by atoms with Gasteiger partial charge in [0.25, 0.3) is 0 Å². The lowest BCUT2D eigenvalue weighted by Crippen LogP contribution is -2.46. The van der Waals surface area contributed by atoms with Crippen LogP contribution in [0, 0.1) is 11.3 Å². The van der Waals surface area contributed by atoms with E-state index in [4.69, 9.17) is 16.1 Å². The second-order valence-electron chi connectivity index (χ2n) is 10.7. The Morgan fingerprint density at radius 2 is 2.11 bits per heavy atom. The predicted octanol–water partition coefficient (Wildman–Crippen LogP) is 5.92. The Bertz CT molecular complexity index is 1030. The molecular weight excluding hydrogens is 464 g/mol. The highest BCUT2D eigenvalue weighted by Gasteiger charge is 2.33. The lowest BCUT2D eigenvalue weighted by molar-refractivity contribution is -0.143. The lowest BCUT2D eigenvalue weighted by atomic mass is 9.84. The van der Waals surface area contributed by atoms with Crippen LogP contribution in [0.2, 0.25) is 5.02 Å². The number of piperidine rings is 1. The van der Waals surface area contributed by atoms with Crippen molar-refractivity contribution in [2.45, 2.75) is 65.8 Å². The van der Waals surface area contributed by atoms with Crippen LogP contribution in [0.25, 0.3) is 11.4 Å². The number of benzene rings is 1. The lowest BCUT2D eigenvalue weighted by Gasteiger charge is -2.35. The quantitative estimate of drug-likeness (QED) is 0.399. The number of carbonyl (C=O) groups is 2. The predicted molar refractivity (Wildman–Crippen MR) is 138 cm³/mol. The van der Waals surface area contributed by atoms with Crippen LogP contribution >= 0.6 is 11.6 Å². The molecule has 0 saturated carbocycles. The van der Waals surface area contributed by atoms with Crippen LogP contribution in [0.4, 0.5) is 0 Å². The van der Waals surface area contributed by atoms with E-state index in [9.17, 15) is 9.59 Å². The van der Waals surface area contributed by atoms with E-state index in [0.29, 0.717) is 36.2 Å². The van der Waals surface area contributed by atoms with Crippen molar-refractivity contribution < 1.29 is 14.1 Å². The summed E-state index contributed by atoms with van der Waals surface area (Å²) in [5.41, 5.74) is 0.904. The molecule has 1 aliphatic heterocycles. The van der Waals surface area contributed by atoms with Gasteiger partial charge in [0.15, 0.2) is 0 Å². The highest BCUT2D eigenvalue weighted by atomic mass is 35.5. The Labute approximate surface area is 213 Å². The first-order valence-electron chi connectivity index (χ1n) is 12.3. The fourth-order valence-corrected chi connectivity index (χ4v) is 5.00. The molecule has 2 atom stereocenters. The fourth-order valence-electron chi connectivity index (χ4n) is 4.81. The van der Waals surface area contributed by atoms with Gasteiger partial charge in [0.05, 0.1) is 0 Å². The standard InChI is InChI=1S/C27H37ClN4O3/c1-6-13-31(23(33)15-19(2)17-27(3,4)5)18-24(34)32-14-8-7-12-22(32)26-29-25(30-35-26)20-10-9-11-21(28)16-20/h6,9-11,16,19,22H,1,7-8,12-15,17-18H2,2-5H3. The number of rotatable bonds is 9. The van der Waals surface area contributed by atoms with Crippen LogP contribution in [0.15, 0.2) is 41.4 Å². The molecule has 0 spiro atoms. The minimum atomic E-state index is -0.308. The Hall–Kier alpha value is -2.67. The number of hydrogen-bond acceptors (Lipinski definition) is 5. The van der Waals surface area contributed by atoms with Gasteiger partial charge in [-0.1, -0.05) is 62.7 Å². The highest BCUT2D eigenvalue weighted by molar-refractivity contribution is 6.30. The van der Waals surface area contributed by atoms with Gasteiger partial charge in [-0.25, -0.2) is 0 Å². The molecule has 1 aliphatic rings. The minimum absolute atomic E-state index is 0.0128. The zero-order chi connectivity index (χ0) is 25.6. The third kappa shape index (κ3) is 7.66. The molecule has 7 nitrogen and oxygen atoms in total. The topological polar surface area (TPSA) is 79.5 Å². The average Bonchev–Trinajstić information content (AvgIpc) is 3.27. The van der Waals surface area contributed by atoms with Gasteiger partial charge in [0.2, 0.25) is 23.5 Å². The Balaban J connectivity index is 1.71. The van der Waals surface area contributed by atoms with Crippen LogP contribution in [0.5, 0.6) is 0 Å². The molecule has 0 aliphatic carbocycles. The molecule has 2 amide bonds.